The first kappa shape index (κ1) is 15.9. The highest BCUT2D eigenvalue weighted by atomic mass is 35.5. The Hall–Kier alpha value is -2.57. The fourth-order valence-corrected chi connectivity index (χ4v) is 4.25. The molecule has 2 aliphatic rings. The van der Waals surface area contributed by atoms with E-state index in [0.717, 1.165) is 47.2 Å². The topological polar surface area (TPSA) is 52.9 Å². The molecule has 1 atom stereocenters. The molecule has 0 aromatic heterocycles. The summed E-state index contributed by atoms with van der Waals surface area (Å²) in [6, 6.07) is 13.7. The van der Waals surface area contributed by atoms with Crippen molar-refractivity contribution < 1.29 is 4.79 Å². The van der Waals surface area contributed by atoms with Crippen LogP contribution in [0.15, 0.2) is 42.0 Å². The van der Waals surface area contributed by atoms with Gasteiger partial charge in [-0.15, -0.1) is 0 Å². The van der Waals surface area contributed by atoms with Crippen LogP contribution in [0.3, 0.4) is 0 Å². The summed E-state index contributed by atoms with van der Waals surface area (Å²) in [5.41, 5.74) is 7.03. The summed E-state index contributed by atoms with van der Waals surface area (Å²) >= 11 is 6.39. The largest absolute Gasteiger partial charge is 0.352 e. The van der Waals surface area contributed by atoms with E-state index >= 15 is 0 Å². The van der Waals surface area contributed by atoms with Crippen LogP contribution in [0.2, 0.25) is 5.02 Å². The quantitative estimate of drug-likeness (QED) is 0.833. The van der Waals surface area contributed by atoms with Crippen molar-refractivity contribution in [2.45, 2.75) is 19.8 Å². The first-order valence-corrected chi connectivity index (χ1v) is 8.78. The molecule has 1 aliphatic carbocycles. The molecule has 4 heteroatoms. The van der Waals surface area contributed by atoms with E-state index in [0.29, 0.717) is 10.6 Å². The van der Waals surface area contributed by atoms with Crippen molar-refractivity contribution in [3.63, 3.8) is 0 Å². The number of hydrogen-bond acceptors (Lipinski definition) is 2. The Labute approximate surface area is 151 Å². The molecule has 124 valence electrons. The summed E-state index contributed by atoms with van der Waals surface area (Å²) in [6.07, 6.45) is 1.81. The number of hydrogen-bond donors (Lipinski definition) is 1. The van der Waals surface area contributed by atoms with Crippen LogP contribution in [0.1, 0.15) is 30.0 Å². The van der Waals surface area contributed by atoms with Crippen molar-refractivity contribution in [3.8, 4) is 17.2 Å². The number of nitrogens with zero attached hydrogens (tertiary/aromatic N) is 1. The number of carbonyl (C=O) groups is 1. The number of rotatable bonds is 1. The zero-order valence-electron chi connectivity index (χ0n) is 13.9. The lowest BCUT2D eigenvalue weighted by molar-refractivity contribution is -0.118. The second-order valence-electron chi connectivity index (χ2n) is 6.65. The highest BCUT2D eigenvalue weighted by Crippen LogP contribution is 2.43. The third kappa shape index (κ3) is 2.63. The maximum absolute atomic E-state index is 12.3. The van der Waals surface area contributed by atoms with E-state index in [4.69, 9.17) is 16.9 Å². The Morgan fingerprint density at radius 2 is 1.92 bits per heavy atom. The van der Waals surface area contributed by atoms with Crippen LogP contribution in [0.4, 0.5) is 0 Å². The van der Waals surface area contributed by atoms with Gasteiger partial charge in [0, 0.05) is 17.1 Å². The van der Waals surface area contributed by atoms with E-state index in [1.54, 1.807) is 0 Å². The second-order valence-corrected chi connectivity index (χ2v) is 7.09. The molecule has 2 aromatic carbocycles. The van der Waals surface area contributed by atoms with Gasteiger partial charge >= 0.3 is 0 Å². The molecule has 0 saturated carbocycles. The minimum atomic E-state index is 0.0549. The zero-order chi connectivity index (χ0) is 17.6. The standard InChI is InChI=1S/C21H17ClN2O/c1-12-17-9-16(22)10-18(14-4-2-13(11-23)3-5-14)19(17)8-15-6-7-24-21(25)20(12)15/h2-5,9-10,15H,6-8H2,1H3,(H,24,25). The zero-order valence-corrected chi connectivity index (χ0v) is 14.7. The van der Waals surface area contributed by atoms with Gasteiger partial charge in [-0.3, -0.25) is 4.79 Å². The van der Waals surface area contributed by atoms with Crippen LogP contribution in [-0.2, 0) is 11.2 Å². The van der Waals surface area contributed by atoms with Gasteiger partial charge in [-0.05, 0) is 77.8 Å². The third-order valence-electron chi connectivity index (χ3n) is 5.23. The van der Waals surface area contributed by atoms with Crippen molar-refractivity contribution in [2.24, 2.45) is 5.92 Å². The Balaban J connectivity index is 1.91. The van der Waals surface area contributed by atoms with Gasteiger partial charge < -0.3 is 5.32 Å². The molecule has 2 aromatic rings. The van der Waals surface area contributed by atoms with Crippen molar-refractivity contribution in [1.29, 1.82) is 5.26 Å². The number of nitriles is 1. The number of piperidine rings is 1. The van der Waals surface area contributed by atoms with E-state index in [9.17, 15) is 4.79 Å². The van der Waals surface area contributed by atoms with Crippen molar-refractivity contribution in [2.75, 3.05) is 6.54 Å². The lowest BCUT2D eigenvalue weighted by Crippen LogP contribution is -2.39. The van der Waals surface area contributed by atoms with Crippen molar-refractivity contribution >= 4 is 23.1 Å². The molecular weight excluding hydrogens is 332 g/mol. The maximum Gasteiger partial charge on any atom is 0.247 e. The fourth-order valence-electron chi connectivity index (χ4n) is 4.03. The third-order valence-corrected chi connectivity index (χ3v) is 5.45. The summed E-state index contributed by atoms with van der Waals surface area (Å²) in [5.74, 6) is 0.318. The van der Waals surface area contributed by atoms with Crippen LogP contribution in [0, 0.1) is 17.2 Å². The Morgan fingerprint density at radius 3 is 2.64 bits per heavy atom. The summed E-state index contributed by atoms with van der Waals surface area (Å²) in [5, 5.41) is 12.6. The van der Waals surface area contributed by atoms with Crippen molar-refractivity contribution in [3.05, 3.63) is 63.7 Å². The number of amides is 1. The Kier molecular flexibility index (Phi) is 3.86. The molecule has 25 heavy (non-hydrogen) atoms. The summed E-state index contributed by atoms with van der Waals surface area (Å²) < 4.78 is 0. The summed E-state index contributed by atoms with van der Waals surface area (Å²) in [4.78, 5) is 12.3. The predicted molar refractivity (Wildman–Crippen MR) is 99.0 cm³/mol. The van der Waals surface area contributed by atoms with E-state index in [1.807, 2.05) is 43.3 Å². The Morgan fingerprint density at radius 1 is 1.20 bits per heavy atom. The van der Waals surface area contributed by atoms with Gasteiger partial charge in [-0.2, -0.15) is 5.26 Å². The molecule has 0 radical (unpaired) electrons. The van der Waals surface area contributed by atoms with Crippen LogP contribution in [-0.4, -0.2) is 12.5 Å². The van der Waals surface area contributed by atoms with Crippen LogP contribution < -0.4 is 5.32 Å². The number of fused-ring (bicyclic) bond motifs is 2. The van der Waals surface area contributed by atoms with Crippen molar-refractivity contribution in [1.82, 2.24) is 5.32 Å². The minimum absolute atomic E-state index is 0.0549. The summed E-state index contributed by atoms with van der Waals surface area (Å²) in [6.45, 7) is 2.75. The maximum atomic E-state index is 12.3. The molecule has 1 fully saturated rings. The first-order chi connectivity index (χ1) is 12.1. The van der Waals surface area contributed by atoms with E-state index in [1.165, 1.54) is 5.56 Å². The van der Waals surface area contributed by atoms with Crippen LogP contribution in [0.5, 0.6) is 0 Å². The normalized spacial score (nSPS) is 18.9. The SMILES string of the molecule is CC1=C2C(=O)NCCC2Cc2c1cc(Cl)cc2-c1ccc(C#N)cc1. The molecular formula is C21H17ClN2O. The smallest absolute Gasteiger partial charge is 0.247 e. The number of allylic oxidation sites excluding steroid dienone is 1. The predicted octanol–water partition coefficient (Wildman–Crippen LogP) is 4.34. The van der Waals surface area contributed by atoms with E-state index in [2.05, 4.69) is 11.4 Å². The average Bonchev–Trinajstić information content (AvgIpc) is 2.62. The summed E-state index contributed by atoms with van der Waals surface area (Å²) in [7, 11) is 0. The monoisotopic (exact) mass is 348 g/mol. The molecule has 1 saturated heterocycles. The molecule has 0 spiro atoms. The highest BCUT2D eigenvalue weighted by molar-refractivity contribution is 6.31. The van der Waals surface area contributed by atoms with Crippen LogP contribution in [0.25, 0.3) is 16.7 Å². The number of halogens is 1. The van der Waals surface area contributed by atoms with Gasteiger partial charge in [-0.25, -0.2) is 0 Å². The minimum Gasteiger partial charge on any atom is -0.352 e. The van der Waals surface area contributed by atoms with E-state index < -0.39 is 0 Å². The molecule has 0 bridgehead atoms. The van der Waals surface area contributed by atoms with E-state index in [-0.39, 0.29) is 11.8 Å². The van der Waals surface area contributed by atoms with Crippen LogP contribution >= 0.6 is 11.6 Å². The number of benzene rings is 2. The number of nitrogens with one attached hydrogen (secondary N) is 1. The molecule has 3 nitrogen and oxygen atoms in total. The fraction of sp³-hybridized carbons (Fsp3) is 0.238. The Bertz CT molecular complexity index is 951. The first-order valence-electron chi connectivity index (χ1n) is 8.41. The lowest BCUT2D eigenvalue weighted by Gasteiger charge is -2.33. The molecule has 1 heterocycles. The highest BCUT2D eigenvalue weighted by Gasteiger charge is 2.33. The average molecular weight is 349 g/mol. The van der Waals surface area contributed by atoms with Gasteiger partial charge in [0.25, 0.3) is 0 Å². The van der Waals surface area contributed by atoms with Gasteiger partial charge in [0.15, 0.2) is 0 Å². The number of carbonyl (C=O) groups excluding carboxylic acids is 1. The molecule has 1 amide bonds. The van der Waals surface area contributed by atoms with Gasteiger partial charge in [0.1, 0.15) is 0 Å². The van der Waals surface area contributed by atoms with Gasteiger partial charge in [-0.1, -0.05) is 23.7 Å². The molecule has 1 unspecified atom stereocenters. The van der Waals surface area contributed by atoms with Gasteiger partial charge in [0.05, 0.1) is 11.6 Å². The lowest BCUT2D eigenvalue weighted by atomic mass is 9.74. The molecule has 1 N–H and O–H groups in total. The molecule has 4 rings (SSSR count). The molecule has 1 aliphatic heterocycles. The van der Waals surface area contributed by atoms with Gasteiger partial charge in [0.2, 0.25) is 5.91 Å². The second kappa shape index (κ2) is 6.06.